The summed E-state index contributed by atoms with van der Waals surface area (Å²) in [6.45, 7) is 3.74. The SMILES string of the molecule is C=CCOC(=O)Cc1ccc(Br)cc1. The fourth-order valence-corrected chi connectivity index (χ4v) is 1.24. The Labute approximate surface area is 91.7 Å². The van der Waals surface area contributed by atoms with Gasteiger partial charge in [0.05, 0.1) is 6.42 Å². The zero-order chi connectivity index (χ0) is 10.4. The van der Waals surface area contributed by atoms with Gasteiger partial charge >= 0.3 is 5.97 Å². The van der Waals surface area contributed by atoms with Gasteiger partial charge in [0.25, 0.3) is 0 Å². The fraction of sp³-hybridized carbons (Fsp3) is 0.182. The molecule has 1 rings (SSSR count). The Bertz CT molecular complexity index is 317. The van der Waals surface area contributed by atoms with E-state index in [1.807, 2.05) is 24.3 Å². The van der Waals surface area contributed by atoms with Crippen molar-refractivity contribution in [3.05, 3.63) is 47.0 Å². The van der Waals surface area contributed by atoms with Crippen molar-refractivity contribution >= 4 is 21.9 Å². The molecule has 0 radical (unpaired) electrons. The molecule has 0 aliphatic carbocycles. The Morgan fingerprint density at radius 2 is 2.07 bits per heavy atom. The Kier molecular flexibility index (Phi) is 4.40. The van der Waals surface area contributed by atoms with Crippen LogP contribution in [0.2, 0.25) is 0 Å². The van der Waals surface area contributed by atoms with Crippen LogP contribution < -0.4 is 0 Å². The molecule has 14 heavy (non-hydrogen) atoms. The van der Waals surface area contributed by atoms with Crippen LogP contribution in [0.5, 0.6) is 0 Å². The molecule has 0 amide bonds. The molecular formula is C11H11BrO2. The highest BCUT2D eigenvalue weighted by Crippen LogP contribution is 2.11. The van der Waals surface area contributed by atoms with E-state index in [1.54, 1.807) is 6.08 Å². The maximum absolute atomic E-state index is 11.2. The maximum Gasteiger partial charge on any atom is 0.310 e. The van der Waals surface area contributed by atoms with Crippen molar-refractivity contribution in [1.29, 1.82) is 0 Å². The Hall–Kier alpha value is -1.09. The molecular weight excluding hydrogens is 244 g/mol. The molecule has 1 aromatic rings. The minimum absolute atomic E-state index is 0.229. The topological polar surface area (TPSA) is 26.3 Å². The lowest BCUT2D eigenvalue weighted by molar-refractivity contribution is -0.141. The molecule has 0 heterocycles. The minimum Gasteiger partial charge on any atom is -0.461 e. The van der Waals surface area contributed by atoms with Gasteiger partial charge in [-0.1, -0.05) is 40.7 Å². The van der Waals surface area contributed by atoms with Crippen molar-refractivity contribution in [3.8, 4) is 0 Å². The molecule has 0 saturated carbocycles. The zero-order valence-electron chi connectivity index (χ0n) is 7.70. The van der Waals surface area contributed by atoms with Gasteiger partial charge < -0.3 is 4.74 Å². The summed E-state index contributed by atoms with van der Waals surface area (Å²) < 4.78 is 5.86. The number of ether oxygens (including phenoxy) is 1. The van der Waals surface area contributed by atoms with Crippen molar-refractivity contribution in [2.24, 2.45) is 0 Å². The summed E-state index contributed by atoms with van der Waals surface area (Å²) in [5.41, 5.74) is 0.947. The average molecular weight is 255 g/mol. The number of carbonyl (C=O) groups excluding carboxylic acids is 1. The molecule has 0 saturated heterocycles. The standard InChI is InChI=1S/C11H11BrO2/c1-2-7-14-11(13)8-9-3-5-10(12)6-4-9/h2-6H,1,7-8H2. The fourth-order valence-electron chi connectivity index (χ4n) is 0.972. The van der Waals surface area contributed by atoms with Crippen LogP contribution in [-0.2, 0) is 16.0 Å². The normalized spacial score (nSPS) is 9.50. The quantitative estimate of drug-likeness (QED) is 0.610. The van der Waals surface area contributed by atoms with Gasteiger partial charge in [-0.05, 0) is 17.7 Å². The van der Waals surface area contributed by atoms with Crippen LogP contribution in [0.25, 0.3) is 0 Å². The second-order valence-electron chi connectivity index (χ2n) is 2.77. The van der Waals surface area contributed by atoms with E-state index in [-0.39, 0.29) is 12.6 Å². The molecule has 0 atom stereocenters. The summed E-state index contributed by atoms with van der Waals surface area (Å²) >= 11 is 3.32. The van der Waals surface area contributed by atoms with E-state index in [4.69, 9.17) is 4.74 Å². The molecule has 1 aromatic carbocycles. The van der Waals surface area contributed by atoms with Crippen LogP contribution in [0.3, 0.4) is 0 Å². The highest BCUT2D eigenvalue weighted by Gasteiger charge is 2.02. The third kappa shape index (κ3) is 3.75. The zero-order valence-corrected chi connectivity index (χ0v) is 9.29. The number of benzene rings is 1. The Morgan fingerprint density at radius 3 is 2.64 bits per heavy atom. The summed E-state index contributed by atoms with van der Waals surface area (Å²) in [5.74, 6) is -0.229. The van der Waals surface area contributed by atoms with Crippen LogP contribution >= 0.6 is 15.9 Å². The van der Waals surface area contributed by atoms with Gasteiger partial charge in [-0.2, -0.15) is 0 Å². The van der Waals surface area contributed by atoms with Crippen LogP contribution in [0, 0.1) is 0 Å². The van der Waals surface area contributed by atoms with Gasteiger partial charge in [0.2, 0.25) is 0 Å². The predicted octanol–water partition coefficient (Wildman–Crippen LogP) is 2.72. The average Bonchev–Trinajstić information content (AvgIpc) is 2.18. The first-order valence-electron chi connectivity index (χ1n) is 4.23. The number of carbonyl (C=O) groups is 1. The van der Waals surface area contributed by atoms with Crippen molar-refractivity contribution in [3.63, 3.8) is 0 Å². The lowest BCUT2D eigenvalue weighted by atomic mass is 10.2. The van der Waals surface area contributed by atoms with Crippen LogP contribution in [0.1, 0.15) is 5.56 Å². The number of esters is 1. The van der Waals surface area contributed by atoms with Gasteiger partial charge in [-0.25, -0.2) is 0 Å². The number of hydrogen-bond donors (Lipinski definition) is 0. The second kappa shape index (κ2) is 5.60. The van der Waals surface area contributed by atoms with Crippen molar-refractivity contribution in [2.75, 3.05) is 6.61 Å². The minimum atomic E-state index is -0.229. The van der Waals surface area contributed by atoms with Gasteiger partial charge in [0, 0.05) is 4.47 Å². The van der Waals surface area contributed by atoms with Crippen LogP contribution in [0.4, 0.5) is 0 Å². The summed E-state index contributed by atoms with van der Waals surface area (Å²) in [4.78, 5) is 11.2. The Morgan fingerprint density at radius 1 is 1.43 bits per heavy atom. The molecule has 0 N–H and O–H groups in total. The van der Waals surface area contributed by atoms with E-state index >= 15 is 0 Å². The van der Waals surface area contributed by atoms with E-state index in [2.05, 4.69) is 22.5 Å². The number of rotatable bonds is 4. The first kappa shape index (κ1) is 11.0. The summed E-state index contributed by atoms with van der Waals surface area (Å²) in [6, 6.07) is 7.57. The van der Waals surface area contributed by atoms with Crippen LogP contribution in [-0.4, -0.2) is 12.6 Å². The molecule has 0 aliphatic rings. The second-order valence-corrected chi connectivity index (χ2v) is 3.69. The summed E-state index contributed by atoms with van der Waals surface area (Å²) in [5, 5.41) is 0. The molecule has 2 nitrogen and oxygen atoms in total. The smallest absolute Gasteiger partial charge is 0.310 e. The highest BCUT2D eigenvalue weighted by atomic mass is 79.9. The van der Waals surface area contributed by atoms with Gasteiger partial charge in [-0.15, -0.1) is 0 Å². The molecule has 0 fully saturated rings. The van der Waals surface area contributed by atoms with E-state index in [0.717, 1.165) is 10.0 Å². The van der Waals surface area contributed by atoms with E-state index < -0.39 is 0 Å². The van der Waals surface area contributed by atoms with Gasteiger partial charge in [-0.3, -0.25) is 4.79 Å². The molecule has 3 heteroatoms. The lowest BCUT2D eigenvalue weighted by Gasteiger charge is -2.01. The molecule has 0 unspecified atom stereocenters. The molecule has 0 aromatic heterocycles. The molecule has 74 valence electrons. The first-order valence-corrected chi connectivity index (χ1v) is 5.02. The number of hydrogen-bond acceptors (Lipinski definition) is 2. The third-order valence-electron chi connectivity index (χ3n) is 1.62. The summed E-state index contributed by atoms with van der Waals surface area (Å²) in [6.07, 6.45) is 1.86. The first-order chi connectivity index (χ1) is 6.72. The van der Waals surface area contributed by atoms with Crippen molar-refractivity contribution < 1.29 is 9.53 Å². The van der Waals surface area contributed by atoms with E-state index in [1.165, 1.54) is 0 Å². The highest BCUT2D eigenvalue weighted by molar-refractivity contribution is 9.10. The van der Waals surface area contributed by atoms with Gasteiger partial charge in [0.15, 0.2) is 0 Å². The molecule has 0 bridgehead atoms. The van der Waals surface area contributed by atoms with Crippen molar-refractivity contribution in [1.82, 2.24) is 0 Å². The van der Waals surface area contributed by atoms with Crippen LogP contribution in [0.15, 0.2) is 41.4 Å². The monoisotopic (exact) mass is 254 g/mol. The number of halogens is 1. The molecule has 0 aliphatic heterocycles. The van der Waals surface area contributed by atoms with Crippen molar-refractivity contribution in [2.45, 2.75) is 6.42 Å². The largest absolute Gasteiger partial charge is 0.461 e. The van der Waals surface area contributed by atoms with E-state index in [0.29, 0.717) is 6.42 Å². The lowest BCUT2D eigenvalue weighted by Crippen LogP contribution is -2.07. The Balaban J connectivity index is 2.47. The molecule has 0 spiro atoms. The van der Waals surface area contributed by atoms with Gasteiger partial charge in [0.1, 0.15) is 6.61 Å². The maximum atomic E-state index is 11.2. The summed E-state index contributed by atoms with van der Waals surface area (Å²) in [7, 11) is 0. The third-order valence-corrected chi connectivity index (χ3v) is 2.15. The predicted molar refractivity (Wildman–Crippen MR) is 59.0 cm³/mol. The van der Waals surface area contributed by atoms with E-state index in [9.17, 15) is 4.79 Å².